The average Bonchev–Trinajstić information content (AvgIpc) is 3.11. The molecule has 1 amide bonds. The molecule has 0 aliphatic heterocycles. The number of anilines is 1. The van der Waals surface area contributed by atoms with Gasteiger partial charge in [0.1, 0.15) is 5.82 Å². The molecule has 0 saturated carbocycles. The van der Waals surface area contributed by atoms with Gasteiger partial charge in [0.15, 0.2) is 0 Å². The van der Waals surface area contributed by atoms with Crippen molar-refractivity contribution in [3.05, 3.63) is 53.9 Å². The van der Waals surface area contributed by atoms with Gasteiger partial charge >= 0.3 is 0 Å². The van der Waals surface area contributed by atoms with Crippen molar-refractivity contribution in [1.82, 2.24) is 13.9 Å². The van der Waals surface area contributed by atoms with Crippen molar-refractivity contribution in [3.8, 4) is 0 Å². The van der Waals surface area contributed by atoms with E-state index in [2.05, 4.69) is 16.8 Å². The minimum absolute atomic E-state index is 0.0702. The van der Waals surface area contributed by atoms with E-state index >= 15 is 0 Å². The first-order valence-corrected chi connectivity index (χ1v) is 12.6. The van der Waals surface area contributed by atoms with E-state index in [9.17, 15) is 13.2 Å². The molecular weight excluding hydrogens is 424 g/mol. The molecule has 1 N–H and O–H groups in total. The van der Waals surface area contributed by atoms with Crippen LogP contribution in [0, 0.1) is 6.92 Å². The Morgan fingerprint density at radius 2 is 1.81 bits per heavy atom. The van der Waals surface area contributed by atoms with Crippen LogP contribution in [0.15, 0.2) is 47.4 Å². The van der Waals surface area contributed by atoms with Crippen LogP contribution in [0.2, 0.25) is 0 Å². The highest BCUT2D eigenvalue weighted by molar-refractivity contribution is 7.89. The van der Waals surface area contributed by atoms with E-state index in [0.29, 0.717) is 31.4 Å². The van der Waals surface area contributed by atoms with Gasteiger partial charge in [-0.25, -0.2) is 13.4 Å². The molecule has 3 rings (SSSR count). The Balaban J connectivity index is 1.85. The lowest BCUT2D eigenvalue weighted by Crippen LogP contribution is -2.30. The second-order valence-corrected chi connectivity index (χ2v) is 9.72. The Labute approximate surface area is 190 Å². The highest BCUT2D eigenvalue weighted by Crippen LogP contribution is 2.24. The molecular formula is C24H32N4O3S. The van der Waals surface area contributed by atoms with Crippen LogP contribution >= 0.6 is 0 Å². The third-order valence-corrected chi connectivity index (χ3v) is 7.63. The molecule has 172 valence electrons. The summed E-state index contributed by atoms with van der Waals surface area (Å²) in [6.45, 7) is 9.29. The molecule has 2 aromatic carbocycles. The van der Waals surface area contributed by atoms with E-state index in [0.717, 1.165) is 35.6 Å². The first kappa shape index (κ1) is 23.9. The molecule has 3 aromatic rings. The maximum absolute atomic E-state index is 12.9. The standard InChI is InChI=1S/C24H32N4O3S/c1-5-16-28-22-13-12-19(32(30,31)27(6-2)7-3)17-21(22)25-23(28)14-15-24(29)26-20-11-9-8-10-18(20)4/h8-13,17H,5-7,14-16H2,1-4H3,(H,26,29). The number of nitrogens with one attached hydrogen (secondary N) is 1. The second kappa shape index (κ2) is 10.3. The molecule has 0 atom stereocenters. The van der Waals surface area contributed by atoms with Crippen molar-refractivity contribution in [2.24, 2.45) is 0 Å². The number of benzene rings is 2. The van der Waals surface area contributed by atoms with Crippen LogP contribution in [0.4, 0.5) is 5.69 Å². The summed E-state index contributed by atoms with van der Waals surface area (Å²) in [5, 5.41) is 2.96. The molecule has 0 radical (unpaired) electrons. The number of carbonyl (C=O) groups excluding carboxylic acids is 1. The van der Waals surface area contributed by atoms with Gasteiger partial charge in [-0.15, -0.1) is 0 Å². The normalized spacial score (nSPS) is 11.9. The topological polar surface area (TPSA) is 84.3 Å². The number of rotatable bonds is 10. The average molecular weight is 457 g/mol. The number of imidazole rings is 1. The van der Waals surface area contributed by atoms with E-state index in [1.807, 2.05) is 51.1 Å². The van der Waals surface area contributed by atoms with E-state index < -0.39 is 10.0 Å². The first-order valence-electron chi connectivity index (χ1n) is 11.2. The fourth-order valence-corrected chi connectivity index (χ4v) is 5.33. The molecule has 8 heteroatoms. The van der Waals surface area contributed by atoms with Crippen LogP contribution < -0.4 is 5.32 Å². The summed E-state index contributed by atoms with van der Waals surface area (Å²) in [5.41, 5.74) is 3.35. The molecule has 0 aliphatic carbocycles. The summed E-state index contributed by atoms with van der Waals surface area (Å²) in [4.78, 5) is 17.5. The predicted octanol–water partition coefficient (Wildman–Crippen LogP) is 4.36. The van der Waals surface area contributed by atoms with E-state index in [-0.39, 0.29) is 10.8 Å². The fourth-order valence-electron chi connectivity index (χ4n) is 3.85. The van der Waals surface area contributed by atoms with Crippen molar-refractivity contribution in [1.29, 1.82) is 0 Å². The van der Waals surface area contributed by atoms with Crippen LogP contribution in [0.5, 0.6) is 0 Å². The minimum atomic E-state index is -3.55. The number of sulfonamides is 1. The molecule has 0 aliphatic rings. The molecule has 0 unspecified atom stereocenters. The van der Waals surface area contributed by atoms with Gasteiger partial charge in [0.25, 0.3) is 0 Å². The van der Waals surface area contributed by atoms with Crippen molar-refractivity contribution in [3.63, 3.8) is 0 Å². The van der Waals surface area contributed by atoms with Gasteiger partial charge in [-0.05, 0) is 43.2 Å². The maximum Gasteiger partial charge on any atom is 0.243 e. The summed E-state index contributed by atoms with van der Waals surface area (Å²) in [6, 6.07) is 12.8. The lowest BCUT2D eigenvalue weighted by Gasteiger charge is -2.18. The molecule has 0 fully saturated rings. The van der Waals surface area contributed by atoms with Gasteiger partial charge in [-0.1, -0.05) is 39.0 Å². The molecule has 0 saturated heterocycles. The summed E-state index contributed by atoms with van der Waals surface area (Å²) < 4.78 is 29.3. The fraction of sp³-hybridized carbons (Fsp3) is 0.417. The van der Waals surface area contributed by atoms with Gasteiger partial charge in [0.2, 0.25) is 15.9 Å². The zero-order valence-corrected chi connectivity index (χ0v) is 20.1. The number of nitrogens with zero attached hydrogens (tertiary/aromatic N) is 3. The zero-order chi connectivity index (χ0) is 23.3. The summed E-state index contributed by atoms with van der Waals surface area (Å²) in [7, 11) is -3.55. The van der Waals surface area contributed by atoms with Gasteiger partial charge in [0.05, 0.1) is 15.9 Å². The minimum Gasteiger partial charge on any atom is -0.328 e. The van der Waals surface area contributed by atoms with E-state index in [1.165, 1.54) is 4.31 Å². The van der Waals surface area contributed by atoms with Crippen molar-refractivity contribution in [2.75, 3.05) is 18.4 Å². The van der Waals surface area contributed by atoms with Crippen molar-refractivity contribution in [2.45, 2.75) is 58.4 Å². The second-order valence-electron chi connectivity index (χ2n) is 7.78. The van der Waals surface area contributed by atoms with Crippen LogP contribution in [0.25, 0.3) is 11.0 Å². The number of fused-ring (bicyclic) bond motifs is 1. The molecule has 32 heavy (non-hydrogen) atoms. The molecule has 7 nitrogen and oxygen atoms in total. The molecule has 0 spiro atoms. The van der Waals surface area contributed by atoms with Crippen LogP contribution in [0.3, 0.4) is 0 Å². The largest absolute Gasteiger partial charge is 0.328 e. The Bertz CT molecular complexity index is 1200. The van der Waals surface area contributed by atoms with Crippen LogP contribution in [-0.4, -0.2) is 41.3 Å². The quantitative estimate of drug-likeness (QED) is 0.491. The van der Waals surface area contributed by atoms with Gasteiger partial charge < -0.3 is 9.88 Å². The van der Waals surface area contributed by atoms with E-state index in [4.69, 9.17) is 4.98 Å². The first-order chi connectivity index (χ1) is 15.3. The van der Waals surface area contributed by atoms with Gasteiger partial charge in [-0.2, -0.15) is 4.31 Å². The summed E-state index contributed by atoms with van der Waals surface area (Å²) in [6.07, 6.45) is 1.68. The lowest BCUT2D eigenvalue weighted by molar-refractivity contribution is -0.116. The highest BCUT2D eigenvalue weighted by atomic mass is 32.2. The van der Waals surface area contributed by atoms with Crippen LogP contribution in [-0.2, 0) is 27.8 Å². The van der Waals surface area contributed by atoms with Crippen molar-refractivity contribution < 1.29 is 13.2 Å². The number of carbonyl (C=O) groups is 1. The monoisotopic (exact) mass is 456 g/mol. The zero-order valence-electron chi connectivity index (χ0n) is 19.3. The van der Waals surface area contributed by atoms with E-state index in [1.54, 1.807) is 12.1 Å². The summed E-state index contributed by atoms with van der Waals surface area (Å²) in [5.74, 6) is 0.721. The third kappa shape index (κ3) is 5.02. The number of aryl methyl sites for hydroxylation is 3. The molecule has 1 aromatic heterocycles. The Hall–Kier alpha value is -2.71. The summed E-state index contributed by atoms with van der Waals surface area (Å²) >= 11 is 0. The number of amides is 1. The number of hydrogen-bond acceptors (Lipinski definition) is 4. The Kier molecular flexibility index (Phi) is 7.69. The molecule has 1 heterocycles. The van der Waals surface area contributed by atoms with Gasteiger partial charge in [0, 0.05) is 38.2 Å². The Morgan fingerprint density at radius 3 is 2.47 bits per heavy atom. The highest BCUT2D eigenvalue weighted by Gasteiger charge is 2.23. The van der Waals surface area contributed by atoms with Crippen LogP contribution in [0.1, 0.15) is 45.0 Å². The predicted molar refractivity (Wildman–Crippen MR) is 128 cm³/mol. The number of para-hydroxylation sites is 1. The SMILES string of the molecule is CCCn1c(CCC(=O)Nc2ccccc2C)nc2cc(S(=O)(=O)N(CC)CC)ccc21. The smallest absolute Gasteiger partial charge is 0.243 e. The number of aromatic nitrogens is 2. The van der Waals surface area contributed by atoms with Crippen molar-refractivity contribution >= 4 is 32.7 Å². The third-order valence-electron chi connectivity index (χ3n) is 5.58. The number of hydrogen-bond donors (Lipinski definition) is 1. The molecule has 0 bridgehead atoms. The maximum atomic E-state index is 12.9. The lowest BCUT2D eigenvalue weighted by atomic mass is 10.2. The van der Waals surface area contributed by atoms with Gasteiger partial charge in [-0.3, -0.25) is 4.79 Å². The Morgan fingerprint density at radius 1 is 1.09 bits per heavy atom.